The van der Waals surface area contributed by atoms with Gasteiger partial charge in [-0.2, -0.15) is 5.10 Å². The number of hydrazone groups is 1. The Bertz CT molecular complexity index is 624. The molecule has 0 bridgehead atoms. The topological polar surface area (TPSA) is 29.3 Å². The van der Waals surface area contributed by atoms with Crippen LogP contribution in [0.15, 0.2) is 35.4 Å². The third-order valence-electron chi connectivity index (χ3n) is 3.40. The molecule has 0 aliphatic heterocycles. The van der Waals surface area contributed by atoms with Gasteiger partial charge in [-0.1, -0.05) is 25.4 Å². The lowest BCUT2D eigenvalue weighted by molar-refractivity contribution is 0.509. The Hall–Kier alpha value is -1.74. The quantitative estimate of drug-likeness (QED) is 0.620. The van der Waals surface area contributed by atoms with E-state index in [1.165, 1.54) is 11.4 Å². The molecule has 0 aliphatic carbocycles. The Morgan fingerprint density at radius 3 is 2.52 bits per heavy atom. The van der Waals surface area contributed by atoms with Gasteiger partial charge in [-0.15, -0.1) is 0 Å². The number of nitrogens with one attached hydrogen (secondary N) is 1. The summed E-state index contributed by atoms with van der Waals surface area (Å²) in [6.45, 7) is 9.78. The van der Waals surface area contributed by atoms with Gasteiger partial charge >= 0.3 is 0 Å². The SMILES string of the molecule is Cc1cc(/C=N\Nc2ccc(Cl)cc2)c(C)n1CC(C)C. The number of rotatable bonds is 5. The molecule has 3 nitrogen and oxygen atoms in total. The molecule has 1 aromatic carbocycles. The molecule has 112 valence electrons. The minimum absolute atomic E-state index is 0.631. The van der Waals surface area contributed by atoms with Crippen LogP contribution in [0.2, 0.25) is 5.02 Å². The maximum atomic E-state index is 5.86. The van der Waals surface area contributed by atoms with E-state index in [4.69, 9.17) is 11.6 Å². The van der Waals surface area contributed by atoms with Crippen molar-refractivity contribution in [3.63, 3.8) is 0 Å². The van der Waals surface area contributed by atoms with E-state index in [1.807, 2.05) is 30.5 Å². The van der Waals surface area contributed by atoms with Gasteiger partial charge in [0.05, 0.1) is 11.9 Å². The number of anilines is 1. The molecule has 1 N–H and O–H groups in total. The molecular formula is C17H22ClN3. The monoisotopic (exact) mass is 303 g/mol. The molecule has 0 amide bonds. The van der Waals surface area contributed by atoms with E-state index in [9.17, 15) is 0 Å². The molecule has 0 aliphatic rings. The second-order valence-electron chi connectivity index (χ2n) is 5.71. The second kappa shape index (κ2) is 6.81. The Morgan fingerprint density at radius 2 is 1.90 bits per heavy atom. The molecular weight excluding hydrogens is 282 g/mol. The fourth-order valence-corrected chi connectivity index (χ4v) is 2.43. The summed E-state index contributed by atoms with van der Waals surface area (Å²) in [5, 5.41) is 5.03. The van der Waals surface area contributed by atoms with Crippen molar-refractivity contribution >= 4 is 23.5 Å². The Kier molecular flexibility index (Phi) is 5.07. The Morgan fingerprint density at radius 1 is 1.24 bits per heavy atom. The molecule has 0 saturated carbocycles. The molecule has 1 heterocycles. The molecule has 0 fully saturated rings. The highest BCUT2D eigenvalue weighted by Gasteiger charge is 2.08. The normalized spacial score (nSPS) is 11.5. The van der Waals surface area contributed by atoms with Gasteiger partial charge in [0.2, 0.25) is 0 Å². The van der Waals surface area contributed by atoms with Crippen molar-refractivity contribution < 1.29 is 0 Å². The van der Waals surface area contributed by atoms with Crippen LogP contribution in [0.5, 0.6) is 0 Å². The van der Waals surface area contributed by atoms with Crippen LogP contribution in [-0.4, -0.2) is 10.8 Å². The van der Waals surface area contributed by atoms with Gasteiger partial charge in [-0.3, -0.25) is 5.43 Å². The molecule has 0 atom stereocenters. The van der Waals surface area contributed by atoms with Crippen LogP contribution in [-0.2, 0) is 6.54 Å². The molecule has 0 saturated heterocycles. The summed E-state index contributed by atoms with van der Waals surface area (Å²) >= 11 is 5.86. The van der Waals surface area contributed by atoms with E-state index in [2.05, 4.69) is 48.9 Å². The first-order chi connectivity index (χ1) is 9.97. The van der Waals surface area contributed by atoms with Gasteiger partial charge in [0.25, 0.3) is 0 Å². The number of aryl methyl sites for hydroxylation is 1. The van der Waals surface area contributed by atoms with E-state index in [1.54, 1.807) is 0 Å². The molecule has 2 rings (SSSR count). The van der Waals surface area contributed by atoms with E-state index < -0.39 is 0 Å². The number of halogens is 1. The molecule has 0 unspecified atom stereocenters. The predicted molar refractivity (Wildman–Crippen MR) is 91.4 cm³/mol. The Labute approximate surface area is 131 Å². The lowest BCUT2D eigenvalue weighted by Gasteiger charge is -2.11. The van der Waals surface area contributed by atoms with Crippen molar-refractivity contribution in [2.24, 2.45) is 11.0 Å². The summed E-state index contributed by atoms with van der Waals surface area (Å²) in [6.07, 6.45) is 1.87. The number of hydrogen-bond donors (Lipinski definition) is 1. The largest absolute Gasteiger partial charge is 0.348 e. The summed E-state index contributed by atoms with van der Waals surface area (Å²) < 4.78 is 2.34. The molecule has 2 aromatic rings. The van der Waals surface area contributed by atoms with Gasteiger partial charge < -0.3 is 4.57 Å². The summed E-state index contributed by atoms with van der Waals surface area (Å²) in [7, 11) is 0. The second-order valence-corrected chi connectivity index (χ2v) is 6.14. The summed E-state index contributed by atoms with van der Waals surface area (Å²) in [6, 6.07) is 9.66. The zero-order chi connectivity index (χ0) is 15.4. The number of benzene rings is 1. The van der Waals surface area contributed by atoms with Gasteiger partial charge in [0, 0.05) is 28.5 Å². The summed E-state index contributed by atoms with van der Waals surface area (Å²) in [5.74, 6) is 0.631. The minimum atomic E-state index is 0.631. The fourth-order valence-electron chi connectivity index (χ4n) is 2.31. The highest BCUT2D eigenvalue weighted by Crippen LogP contribution is 2.16. The van der Waals surface area contributed by atoms with E-state index in [-0.39, 0.29) is 0 Å². The van der Waals surface area contributed by atoms with E-state index >= 15 is 0 Å². The minimum Gasteiger partial charge on any atom is -0.348 e. The number of aromatic nitrogens is 1. The summed E-state index contributed by atoms with van der Waals surface area (Å²) in [4.78, 5) is 0. The first-order valence-corrected chi connectivity index (χ1v) is 7.56. The van der Waals surface area contributed by atoms with Gasteiger partial charge in [0.1, 0.15) is 0 Å². The predicted octanol–water partition coefficient (Wildman–Crippen LogP) is 4.86. The third kappa shape index (κ3) is 4.11. The van der Waals surface area contributed by atoms with Crippen molar-refractivity contribution in [2.75, 3.05) is 5.43 Å². The smallest absolute Gasteiger partial charge is 0.0562 e. The maximum Gasteiger partial charge on any atom is 0.0562 e. The number of nitrogens with zero attached hydrogens (tertiary/aromatic N) is 2. The van der Waals surface area contributed by atoms with Crippen LogP contribution in [0.4, 0.5) is 5.69 Å². The number of hydrogen-bond acceptors (Lipinski definition) is 2. The van der Waals surface area contributed by atoms with Crippen LogP contribution in [0, 0.1) is 19.8 Å². The highest BCUT2D eigenvalue weighted by atomic mass is 35.5. The standard InChI is InChI=1S/C17H22ClN3/c1-12(2)11-21-13(3)9-15(14(21)4)10-19-20-17-7-5-16(18)6-8-17/h5-10,12,20H,11H2,1-4H3/b19-10-. The van der Waals surface area contributed by atoms with E-state index in [0.29, 0.717) is 5.92 Å². The molecule has 0 radical (unpaired) electrons. The highest BCUT2D eigenvalue weighted by molar-refractivity contribution is 6.30. The Balaban J connectivity index is 2.09. The van der Waals surface area contributed by atoms with E-state index in [0.717, 1.165) is 22.8 Å². The van der Waals surface area contributed by atoms with Crippen molar-refractivity contribution in [1.82, 2.24) is 4.57 Å². The van der Waals surface area contributed by atoms with Gasteiger partial charge in [0.15, 0.2) is 0 Å². The van der Waals surface area contributed by atoms with Crippen LogP contribution in [0.3, 0.4) is 0 Å². The van der Waals surface area contributed by atoms with Crippen LogP contribution < -0.4 is 5.43 Å². The first kappa shape index (κ1) is 15.6. The zero-order valence-electron chi connectivity index (χ0n) is 13.0. The first-order valence-electron chi connectivity index (χ1n) is 7.18. The van der Waals surface area contributed by atoms with Crippen LogP contribution >= 0.6 is 11.6 Å². The molecule has 4 heteroatoms. The maximum absolute atomic E-state index is 5.86. The average molecular weight is 304 g/mol. The molecule has 0 spiro atoms. The fraction of sp³-hybridized carbons (Fsp3) is 0.353. The average Bonchev–Trinajstić information content (AvgIpc) is 2.68. The van der Waals surface area contributed by atoms with Crippen molar-refractivity contribution in [3.05, 3.63) is 52.3 Å². The van der Waals surface area contributed by atoms with Crippen LogP contribution in [0.25, 0.3) is 0 Å². The molecule has 1 aromatic heterocycles. The summed E-state index contributed by atoms with van der Waals surface area (Å²) in [5.41, 5.74) is 7.61. The third-order valence-corrected chi connectivity index (χ3v) is 3.65. The molecule has 21 heavy (non-hydrogen) atoms. The van der Waals surface area contributed by atoms with Crippen molar-refractivity contribution in [3.8, 4) is 0 Å². The lowest BCUT2D eigenvalue weighted by Crippen LogP contribution is -2.08. The van der Waals surface area contributed by atoms with Crippen molar-refractivity contribution in [2.45, 2.75) is 34.2 Å². The lowest BCUT2D eigenvalue weighted by atomic mass is 10.2. The van der Waals surface area contributed by atoms with Gasteiger partial charge in [-0.25, -0.2) is 0 Å². The zero-order valence-corrected chi connectivity index (χ0v) is 13.8. The van der Waals surface area contributed by atoms with Crippen LogP contribution in [0.1, 0.15) is 30.8 Å². The van der Waals surface area contributed by atoms with Gasteiger partial charge in [-0.05, 0) is 50.1 Å². The van der Waals surface area contributed by atoms with Crippen molar-refractivity contribution in [1.29, 1.82) is 0 Å².